The lowest BCUT2D eigenvalue weighted by Gasteiger charge is -2.37. The van der Waals surface area contributed by atoms with Gasteiger partial charge in [-0.3, -0.25) is 14.2 Å². The van der Waals surface area contributed by atoms with Gasteiger partial charge in [0.15, 0.2) is 5.78 Å². The van der Waals surface area contributed by atoms with Gasteiger partial charge in [-0.05, 0) is 51.3 Å². The second-order valence-electron chi connectivity index (χ2n) is 8.77. The molecule has 1 aliphatic heterocycles. The Morgan fingerprint density at radius 1 is 1.33 bits per heavy atom. The fraction of sp³-hybridized carbons (Fsp3) is 0.391. The molecule has 1 amide bonds. The molecule has 0 spiro atoms. The van der Waals surface area contributed by atoms with E-state index in [4.69, 9.17) is 4.74 Å². The first-order valence-corrected chi connectivity index (χ1v) is 9.95. The molecule has 7 heteroatoms. The van der Waals surface area contributed by atoms with Crippen LogP contribution in [0.25, 0.3) is 10.9 Å². The minimum absolute atomic E-state index is 0.153. The molecule has 0 saturated heterocycles. The Morgan fingerprint density at radius 2 is 2.07 bits per heavy atom. The fourth-order valence-electron chi connectivity index (χ4n) is 4.37. The van der Waals surface area contributed by atoms with Crippen LogP contribution in [0.2, 0.25) is 0 Å². The number of para-hydroxylation sites is 1. The summed E-state index contributed by atoms with van der Waals surface area (Å²) in [6, 6.07) is 9.77. The van der Waals surface area contributed by atoms with Crippen LogP contribution in [0, 0.1) is 17.2 Å². The maximum absolute atomic E-state index is 13.2. The molecule has 1 N–H and O–H groups in total. The minimum Gasteiger partial charge on any atom is -0.444 e. The number of aromatic nitrogens is 1. The average molecular weight is 405 g/mol. The zero-order chi connectivity index (χ0) is 21.7. The normalized spacial score (nSPS) is 22.5. The van der Waals surface area contributed by atoms with Crippen LogP contribution in [0.4, 0.5) is 4.79 Å². The Hall–Kier alpha value is -3.40. The monoisotopic (exact) mass is 405 g/mol. The molecule has 1 aromatic carbocycles. The number of nitrogens with zero attached hydrogens (tertiary/aromatic N) is 2. The summed E-state index contributed by atoms with van der Waals surface area (Å²) in [7, 11) is 0. The molecular weight excluding hydrogens is 382 g/mol. The van der Waals surface area contributed by atoms with Gasteiger partial charge in [-0.1, -0.05) is 24.3 Å². The number of ketones is 1. The van der Waals surface area contributed by atoms with E-state index in [0.717, 1.165) is 10.9 Å². The first kappa shape index (κ1) is 19.9. The Balaban J connectivity index is 1.77. The highest BCUT2D eigenvalue weighted by Crippen LogP contribution is 2.46. The van der Waals surface area contributed by atoms with Gasteiger partial charge in [-0.2, -0.15) is 5.26 Å². The molecule has 154 valence electrons. The lowest BCUT2D eigenvalue weighted by Crippen LogP contribution is -2.46. The summed E-state index contributed by atoms with van der Waals surface area (Å²) in [5.41, 5.74) is 0.457. The van der Waals surface area contributed by atoms with Gasteiger partial charge in [0.2, 0.25) is 5.91 Å². The number of carbonyl (C=O) groups is 3. The van der Waals surface area contributed by atoms with Crippen molar-refractivity contribution in [3.8, 4) is 6.07 Å². The summed E-state index contributed by atoms with van der Waals surface area (Å²) in [5, 5.41) is 13.7. The lowest BCUT2D eigenvalue weighted by atomic mass is 9.68. The van der Waals surface area contributed by atoms with Gasteiger partial charge in [-0.15, -0.1) is 0 Å². The van der Waals surface area contributed by atoms with Crippen LogP contribution < -0.4 is 5.32 Å². The topological polar surface area (TPSA) is 101 Å². The average Bonchev–Trinajstić information content (AvgIpc) is 3.02. The van der Waals surface area contributed by atoms with Crippen molar-refractivity contribution in [2.75, 3.05) is 6.54 Å². The zero-order valence-corrected chi connectivity index (χ0v) is 17.2. The molecule has 4 rings (SSSR count). The SMILES string of the molecule is CC(C)(C)OC(=O)NCCc1c2n(c3ccccc13)C(=O)[C@@H]1C[C@]2(C#N)C=CC1=O. The number of alkyl carbamates (subject to hydrolysis) is 1. The van der Waals surface area contributed by atoms with Crippen molar-refractivity contribution in [2.45, 2.75) is 44.6 Å². The standard InChI is InChI=1S/C23H23N3O4/c1-22(2,3)30-21(29)25-11-9-15-14-6-4-5-7-17(14)26-19(15)23(13-24)10-8-18(27)16(12-23)20(26)28/h4-8,10,16H,9,11-12H2,1-3H3,(H,25,29)/t16-,23+/m1/s1. The highest BCUT2D eigenvalue weighted by atomic mass is 16.6. The summed E-state index contributed by atoms with van der Waals surface area (Å²) in [6.45, 7) is 5.66. The van der Waals surface area contributed by atoms with Crippen LogP contribution in [0.5, 0.6) is 0 Å². The first-order valence-electron chi connectivity index (χ1n) is 9.95. The van der Waals surface area contributed by atoms with Crippen molar-refractivity contribution >= 4 is 28.7 Å². The van der Waals surface area contributed by atoms with E-state index in [2.05, 4.69) is 11.4 Å². The number of ether oxygens (including phenoxy) is 1. The number of rotatable bonds is 3. The molecule has 0 fully saturated rings. The van der Waals surface area contributed by atoms with Gasteiger partial charge >= 0.3 is 6.09 Å². The maximum atomic E-state index is 13.2. The number of hydrogen-bond donors (Lipinski definition) is 1. The second kappa shape index (κ2) is 6.84. The number of nitrogens with one attached hydrogen (secondary N) is 1. The molecule has 0 unspecified atom stereocenters. The van der Waals surface area contributed by atoms with Gasteiger partial charge in [0.05, 0.1) is 17.3 Å². The zero-order valence-electron chi connectivity index (χ0n) is 17.2. The third-order valence-corrected chi connectivity index (χ3v) is 5.56. The molecule has 2 heterocycles. The van der Waals surface area contributed by atoms with E-state index in [-0.39, 0.29) is 24.7 Å². The van der Waals surface area contributed by atoms with Crippen LogP contribution in [0.15, 0.2) is 36.4 Å². The molecular formula is C23H23N3O4. The Bertz CT molecular complexity index is 1150. The lowest BCUT2D eigenvalue weighted by molar-refractivity contribution is -0.118. The van der Waals surface area contributed by atoms with E-state index < -0.39 is 23.0 Å². The number of carbonyl (C=O) groups excluding carboxylic acids is 3. The quantitative estimate of drug-likeness (QED) is 0.790. The van der Waals surface area contributed by atoms with Crippen LogP contribution in [-0.4, -0.2) is 34.5 Å². The Labute approximate surface area is 174 Å². The molecule has 30 heavy (non-hydrogen) atoms. The van der Waals surface area contributed by atoms with Crippen molar-refractivity contribution in [1.82, 2.24) is 9.88 Å². The first-order chi connectivity index (χ1) is 14.2. The smallest absolute Gasteiger partial charge is 0.407 e. The predicted octanol–water partition coefficient (Wildman–Crippen LogP) is 3.27. The maximum Gasteiger partial charge on any atom is 0.407 e. The van der Waals surface area contributed by atoms with Gasteiger partial charge in [0, 0.05) is 11.9 Å². The highest BCUT2D eigenvalue weighted by molar-refractivity contribution is 6.13. The number of allylic oxidation sites excluding steroid dienone is 2. The molecule has 0 radical (unpaired) electrons. The van der Waals surface area contributed by atoms with Crippen molar-refractivity contribution < 1.29 is 19.1 Å². The van der Waals surface area contributed by atoms with E-state index >= 15 is 0 Å². The van der Waals surface area contributed by atoms with Crippen LogP contribution in [0.3, 0.4) is 0 Å². The Morgan fingerprint density at radius 3 is 2.77 bits per heavy atom. The van der Waals surface area contributed by atoms with E-state index in [1.165, 1.54) is 10.6 Å². The number of benzene rings is 1. The van der Waals surface area contributed by atoms with Gasteiger partial charge < -0.3 is 10.1 Å². The molecule has 7 nitrogen and oxygen atoms in total. The molecule has 2 aliphatic rings. The Kier molecular flexibility index (Phi) is 4.53. The molecule has 2 atom stereocenters. The van der Waals surface area contributed by atoms with Gasteiger partial charge in [-0.25, -0.2) is 4.79 Å². The summed E-state index contributed by atoms with van der Waals surface area (Å²) in [4.78, 5) is 37.5. The van der Waals surface area contributed by atoms with Crippen molar-refractivity contribution in [3.05, 3.63) is 47.7 Å². The number of amides is 1. The van der Waals surface area contributed by atoms with E-state index in [9.17, 15) is 19.6 Å². The number of fused-ring (bicyclic) bond motifs is 6. The summed E-state index contributed by atoms with van der Waals surface area (Å²) < 4.78 is 6.82. The largest absolute Gasteiger partial charge is 0.444 e. The van der Waals surface area contributed by atoms with Crippen molar-refractivity contribution in [1.29, 1.82) is 5.26 Å². The van der Waals surface area contributed by atoms with Crippen LogP contribution >= 0.6 is 0 Å². The van der Waals surface area contributed by atoms with E-state index in [0.29, 0.717) is 17.6 Å². The van der Waals surface area contributed by atoms with E-state index in [1.54, 1.807) is 26.8 Å². The summed E-state index contributed by atoms with van der Waals surface area (Å²) in [6.07, 6.45) is 3.03. The van der Waals surface area contributed by atoms with Crippen molar-refractivity contribution in [2.24, 2.45) is 5.92 Å². The summed E-state index contributed by atoms with van der Waals surface area (Å²) >= 11 is 0. The van der Waals surface area contributed by atoms with Crippen LogP contribution in [-0.2, 0) is 21.4 Å². The fourth-order valence-corrected chi connectivity index (χ4v) is 4.37. The minimum atomic E-state index is -1.05. The van der Waals surface area contributed by atoms with Gasteiger partial charge in [0.1, 0.15) is 16.9 Å². The molecule has 2 aromatic rings. The second-order valence-corrected chi connectivity index (χ2v) is 8.77. The number of nitriles is 1. The number of hydrogen-bond acceptors (Lipinski definition) is 5. The predicted molar refractivity (Wildman–Crippen MR) is 110 cm³/mol. The van der Waals surface area contributed by atoms with Crippen molar-refractivity contribution in [3.63, 3.8) is 0 Å². The third-order valence-electron chi connectivity index (χ3n) is 5.56. The van der Waals surface area contributed by atoms with Gasteiger partial charge in [0.25, 0.3) is 0 Å². The van der Waals surface area contributed by atoms with Crippen LogP contribution in [0.1, 0.15) is 43.2 Å². The van der Waals surface area contributed by atoms with E-state index in [1.807, 2.05) is 24.3 Å². The summed E-state index contributed by atoms with van der Waals surface area (Å²) in [5.74, 6) is -1.40. The third kappa shape index (κ3) is 3.09. The molecule has 1 aliphatic carbocycles. The molecule has 2 bridgehead atoms. The molecule has 1 aromatic heterocycles. The highest BCUT2D eigenvalue weighted by Gasteiger charge is 2.50. The molecule has 0 saturated carbocycles.